The number of aromatic amines is 1. The second-order valence-corrected chi connectivity index (χ2v) is 8.45. The van der Waals surface area contributed by atoms with E-state index in [1.165, 1.54) is 19.1 Å². The number of nitrogen functional groups attached to an aromatic ring is 1. The average Bonchev–Trinajstić information content (AvgIpc) is 3.25. The Morgan fingerprint density at radius 2 is 1.81 bits per heavy atom. The molecule has 1 unspecified atom stereocenters. The van der Waals surface area contributed by atoms with E-state index in [4.69, 9.17) is 11.1 Å². The number of benzene rings is 3. The largest absolute Gasteiger partial charge is 0.507 e. The number of aliphatic carboxylic acids is 2. The number of phenols is 1. The lowest BCUT2D eigenvalue weighted by atomic mass is 9.89. The number of anilines is 1. The second kappa shape index (κ2) is 9.82. The molecule has 4 rings (SSSR count). The van der Waals surface area contributed by atoms with E-state index in [1.807, 2.05) is 0 Å². The van der Waals surface area contributed by atoms with Gasteiger partial charge in [0.1, 0.15) is 17.4 Å². The first kappa shape index (κ1) is 24.9. The van der Waals surface area contributed by atoms with Crippen LogP contribution in [0.2, 0.25) is 0 Å². The summed E-state index contributed by atoms with van der Waals surface area (Å²) in [6.45, 7) is 1.35. The lowest BCUT2D eigenvalue weighted by molar-refractivity contribution is -0.145. The van der Waals surface area contributed by atoms with Crippen LogP contribution in [0.1, 0.15) is 30.4 Å². The number of hydrogen-bond acceptors (Lipinski definition) is 6. The number of carboxylic acids is 2. The number of imidazole rings is 1. The zero-order chi connectivity index (χ0) is 26.9. The van der Waals surface area contributed by atoms with Gasteiger partial charge in [-0.2, -0.15) is 0 Å². The molecule has 188 valence electrons. The van der Waals surface area contributed by atoms with Gasteiger partial charge in [0.15, 0.2) is 0 Å². The summed E-state index contributed by atoms with van der Waals surface area (Å²) < 4.78 is 0. The smallest absolute Gasteiger partial charge is 0.311 e. The molecular formula is C26H23N5O6. The Morgan fingerprint density at radius 3 is 2.46 bits per heavy atom. The van der Waals surface area contributed by atoms with Gasteiger partial charge in [-0.05, 0) is 53.6 Å². The molecule has 11 nitrogen and oxygen atoms in total. The van der Waals surface area contributed by atoms with E-state index in [1.54, 1.807) is 42.5 Å². The summed E-state index contributed by atoms with van der Waals surface area (Å²) in [6, 6.07) is 14.3. The highest BCUT2D eigenvalue weighted by atomic mass is 16.4. The van der Waals surface area contributed by atoms with Crippen LogP contribution < -0.4 is 11.1 Å². The highest BCUT2D eigenvalue weighted by Gasteiger charge is 2.27. The number of hydrogen-bond donors (Lipinski definition) is 7. The number of phenolic OH excluding ortho intramolecular Hbond substituents is 1. The summed E-state index contributed by atoms with van der Waals surface area (Å²) in [5, 5.41) is 40.7. The molecular weight excluding hydrogens is 478 g/mol. The van der Waals surface area contributed by atoms with E-state index in [-0.39, 0.29) is 40.0 Å². The van der Waals surface area contributed by atoms with E-state index < -0.39 is 24.3 Å². The van der Waals surface area contributed by atoms with E-state index in [2.05, 4.69) is 15.3 Å². The number of nitrogens with zero attached hydrogens (tertiary/aromatic N) is 1. The highest BCUT2D eigenvalue weighted by molar-refractivity contribution is 5.98. The molecule has 0 fully saturated rings. The zero-order valence-corrected chi connectivity index (χ0v) is 19.6. The fraction of sp³-hybridized carbons (Fsp3) is 0.115. The first-order valence-corrected chi connectivity index (χ1v) is 11.1. The van der Waals surface area contributed by atoms with Crippen LogP contribution in [0.3, 0.4) is 0 Å². The summed E-state index contributed by atoms with van der Waals surface area (Å²) in [7, 11) is 0. The SMILES string of the molecule is CC(=O)Nc1cccc(-c2cc(C(CC(=O)O)C(=O)O)cc(-c3nc4ccc(C(=N)N)cc4[nH]3)c2O)c1. The van der Waals surface area contributed by atoms with Gasteiger partial charge in [-0.15, -0.1) is 0 Å². The molecule has 0 bridgehead atoms. The van der Waals surface area contributed by atoms with Crippen molar-refractivity contribution >= 4 is 40.4 Å². The van der Waals surface area contributed by atoms with Gasteiger partial charge in [-0.25, -0.2) is 4.98 Å². The molecule has 1 heterocycles. The Labute approximate surface area is 210 Å². The Balaban J connectivity index is 1.95. The summed E-state index contributed by atoms with van der Waals surface area (Å²) in [5.74, 6) is -4.49. The molecule has 1 amide bonds. The van der Waals surface area contributed by atoms with Crippen LogP contribution >= 0.6 is 0 Å². The van der Waals surface area contributed by atoms with Crippen molar-refractivity contribution in [3.63, 3.8) is 0 Å². The number of aromatic nitrogens is 2. The van der Waals surface area contributed by atoms with Gasteiger partial charge in [-0.1, -0.05) is 12.1 Å². The van der Waals surface area contributed by atoms with Gasteiger partial charge in [0, 0.05) is 23.7 Å². The Kier molecular flexibility index (Phi) is 6.61. The van der Waals surface area contributed by atoms with Gasteiger partial charge in [0.25, 0.3) is 0 Å². The van der Waals surface area contributed by atoms with E-state index in [9.17, 15) is 29.7 Å². The summed E-state index contributed by atoms with van der Waals surface area (Å²) in [4.78, 5) is 42.5. The second-order valence-electron chi connectivity index (χ2n) is 8.45. The van der Waals surface area contributed by atoms with Crippen LogP contribution in [0, 0.1) is 5.41 Å². The Morgan fingerprint density at radius 1 is 1.08 bits per heavy atom. The zero-order valence-electron chi connectivity index (χ0n) is 19.6. The molecule has 0 saturated heterocycles. The van der Waals surface area contributed by atoms with Gasteiger partial charge in [-0.3, -0.25) is 19.8 Å². The standard InChI is InChI=1S/C26H23N5O6/c1-12(32)29-16-4-2-3-13(7-16)17-8-15(18(26(36)37)11-22(33)34)9-19(23(17)35)25-30-20-6-5-14(24(27)28)10-21(20)31-25/h2-10,18,35H,11H2,1H3,(H3,27,28)(H,29,32)(H,30,31)(H,33,34)(H,36,37). The van der Waals surface area contributed by atoms with Crippen LogP contribution in [0.5, 0.6) is 5.75 Å². The minimum atomic E-state index is -1.40. The first-order chi connectivity index (χ1) is 17.5. The number of aromatic hydroxyl groups is 1. The molecule has 4 aromatic rings. The molecule has 3 aromatic carbocycles. The monoisotopic (exact) mass is 501 g/mol. The van der Waals surface area contributed by atoms with Crippen molar-refractivity contribution in [2.45, 2.75) is 19.3 Å². The van der Waals surface area contributed by atoms with Crippen LogP contribution in [-0.4, -0.2) is 49.0 Å². The number of carbonyl (C=O) groups excluding carboxylic acids is 1. The molecule has 0 saturated carbocycles. The number of H-pyrrole nitrogens is 1. The number of fused-ring (bicyclic) bond motifs is 1. The van der Waals surface area contributed by atoms with Crippen molar-refractivity contribution in [3.8, 4) is 28.3 Å². The summed E-state index contributed by atoms with van der Waals surface area (Å²) >= 11 is 0. The molecule has 11 heteroatoms. The predicted molar refractivity (Wildman–Crippen MR) is 137 cm³/mol. The normalized spacial score (nSPS) is 11.7. The first-order valence-electron chi connectivity index (χ1n) is 11.1. The lowest BCUT2D eigenvalue weighted by Crippen LogP contribution is -2.16. The van der Waals surface area contributed by atoms with Gasteiger partial charge in [0.2, 0.25) is 5.91 Å². The Hall–Kier alpha value is -5.19. The minimum Gasteiger partial charge on any atom is -0.507 e. The number of amides is 1. The molecule has 37 heavy (non-hydrogen) atoms. The predicted octanol–water partition coefficient (Wildman–Crippen LogP) is 3.49. The summed E-state index contributed by atoms with van der Waals surface area (Å²) in [6.07, 6.45) is -0.674. The molecule has 1 aromatic heterocycles. The van der Waals surface area contributed by atoms with E-state index in [0.29, 0.717) is 27.8 Å². The van der Waals surface area contributed by atoms with Crippen molar-refractivity contribution in [3.05, 3.63) is 65.7 Å². The third-order valence-electron chi connectivity index (χ3n) is 5.75. The van der Waals surface area contributed by atoms with E-state index >= 15 is 0 Å². The van der Waals surface area contributed by atoms with Crippen molar-refractivity contribution in [2.75, 3.05) is 5.32 Å². The molecule has 0 aliphatic carbocycles. The molecule has 0 radical (unpaired) electrons. The fourth-order valence-electron chi connectivity index (χ4n) is 4.05. The Bertz CT molecular complexity index is 1580. The molecule has 0 aliphatic heterocycles. The van der Waals surface area contributed by atoms with Gasteiger partial charge >= 0.3 is 11.9 Å². The maximum absolute atomic E-state index is 12.0. The highest BCUT2D eigenvalue weighted by Crippen LogP contribution is 2.41. The number of carboxylic acid groups (broad SMARTS) is 2. The lowest BCUT2D eigenvalue weighted by Gasteiger charge is -2.17. The van der Waals surface area contributed by atoms with Crippen LogP contribution in [0.15, 0.2) is 54.6 Å². The number of rotatable bonds is 8. The van der Waals surface area contributed by atoms with Crippen LogP contribution in [0.4, 0.5) is 5.69 Å². The molecule has 1 atom stereocenters. The summed E-state index contributed by atoms with van der Waals surface area (Å²) in [5.41, 5.74) is 8.51. The number of carbonyl (C=O) groups is 3. The van der Waals surface area contributed by atoms with Crippen LogP contribution in [0.25, 0.3) is 33.5 Å². The third kappa shape index (κ3) is 5.25. The molecule has 8 N–H and O–H groups in total. The maximum atomic E-state index is 12.0. The number of amidine groups is 1. The maximum Gasteiger partial charge on any atom is 0.311 e. The third-order valence-corrected chi connectivity index (χ3v) is 5.75. The number of nitrogens with two attached hydrogens (primary N) is 1. The van der Waals surface area contributed by atoms with Gasteiger partial charge < -0.3 is 31.4 Å². The van der Waals surface area contributed by atoms with E-state index in [0.717, 1.165) is 0 Å². The molecule has 0 aliphatic rings. The minimum absolute atomic E-state index is 0.137. The average molecular weight is 501 g/mol. The van der Waals surface area contributed by atoms with Crippen molar-refractivity contribution in [1.29, 1.82) is 5.41 Å². The number of nitrogens with one attached hydrogen (secondary N) is 3. The van der Waals surface area contributed by atoms with Gasteiger partial charge in [0.05, 0.1) is 28.9 Å². The fourth-order valence-corrected chi connectivity index (χ4v) is 4.05. The molecule has 0 spiro atoms. The van der Waals surface area contributed by atoms with Crippen LogP contribution in [-0.2, 0) is 14.4 Å². The van der Waals surface area contributed by atoms with Crippen molar-refractivity contribution < 1.29 is 29.7 Å². The quantitative estimate of drug-likeness (QED) is 0.140. The topological polar surface area (TPSA) is 202 Å². The van der Waals surface area contributed by atoms with Crippen molar-refractivity contribution in [1.82, 2.24) is 9.97 Å². The van der Waals surface area contributed by atoms with Crippen molar-refractivity contribution in [2.24, 2.45) is 5.73 Å².